The lowest BCUT2D eigenvalue weighted by molar-refractivity contribution is -0.131. The van der Waals surface area contributed by atoms with Crippen molar-refractivity contribution in [1.29, 1.82) is 0 Å². The second-order valence-electron chi connectivity index (χ2n) is 13.9. The molecule has 0 aliphatic heterocycles. The average Bonchev–Trinajstić information content (AvgIpc) is 3.75. The molecule has 2 heterocycles. The summed E-state index contributed by atoms with van der Waals surface area (Å²) in [5.41, 5.74) is 6.95. The minimum atomic E-state index is -1.05. The Morgan fingerprint density at radius 2 is 1.33 bits per heavy atom. The van der Waals surface area contributed by atoms with Gasteiger partial charge < -0.3 is 5.11 Å². The van der Waals surface area contributed by atoms with Crippen LogP contribution in [0.2, 0.25) is 0 Å². The Bertz CT molecular complexity index is 2650. The molecule has 2 aromatic heterocycles. The van der Waals surface area contributed by atoms with Crippen LogP contribution < -0.4 is 5.56 Å². The van der Waals surface area contributed by atoms with Crippen molar-refractivity contribution in [1.82, 2.24) is 29.8 Å². The van der Waals surface area contributed by atoms with E-state index in [1.165, 1.54) is 6.08 Å². The van der Waals surface area contributed by atoms with E-state index in [2.05, 4.69) is 72.8 Å². The molecule has 8 rings (SSSR count). The first-order valence-electron chi connectivity index (χ1n) is 19.1. The van der Waals surface area contributed by atoms with Gasteiger partial charge in [0.15, 0.2) is 5.82 Å². The molecule has 8 aromatic rings. The molecule has 0 saturated carbocycles. The van der Waals surface area contributed by atoms with Crippen LogP contribution in [0.5, 0.6) is 0 Å². The first kappa shape index (κ1) is 36.7. The molecule has 0 unspecified atom stereocenters. The Kier molecular flexibility index (Phi) is 10.4. The van der Waals surface area contributed by atoms with Crippen molar-refractivity contribution >= 4 is 22.9 Å². The van der Waals surface area contributed by atoms with Crippen LogP contribution in [-0.4, -0.2) is 40.8 Å². The second-order valence-corrected chi connectivity index (χ2v) is 13.9. The summed E-state index contributed by atoms with van der Waals surface area (Å²) < 4.78 is 3.69. The molecular weight excluding hydrogens is 709 g/mol. The number of aliphatic carboxylic acids is 1. The number of fused-ring (bicyclic) bond motifs is 1. The molecule has 0 fully saturated rings. The van der Waals surface area contributed by atoms with Gasteiger partial charge in [0.1, 0.15) is 11.4 Å². The highest BCUT2D eigenvalue weighted by molar-refractivity contribution is 5.87. The molecule has 0 spiro atoms. The number of carboxylic acids is 1. The van der Waals surface area contributed by atoms with E-state index in [4.69, 9.17) is 20.4 Å². The van der Waals surface area contributed by atoms with Gasteiger partial charge in [-0.15, -0.1) is 5.10 Å². The Balaban J connectivity index is 1.21. The summed E-state index contributed by atoms with van der Waals surface area (Å²) in [7, 11) is 0. The second kappa shape index (κ2) is 16.2. The minimum absolute atomic E-state index is 0.156. The van der Waals surface area contributed by atoms with E-state index in [9.17, 15) is 9.59 Å². The predicted molar refractivity (Wildman–Crippen MR) is 224 cm³/mol. The number of rotatable bonds is 13. The number of nitrogens with zero attached hydrogens (tertiary/aromatic N) is 6. The topological polar surface area (TPSA) is 116 Å². The molecule has 280 valence electrons. The lowest BCUT2D eigenvalue weighted by Gasteiger charge is -2.36. The Labute approximate surface area is 330 Å². The maximum atomic E-state index is 14.1. The highest BCUT2D eigenvalue weighted by Crippen LogP contribution is 2.43. The summed E-state index contributed by atoms with van der Waals surface area (Å²) in [5, 5.41) is 23.4. The minimum Gasteiger partial charge on any atom is -0.478 e. The van der Waals surface area contributed by atoms with Crippen LogP contribution in [0.4, 0.5) is 0 Å². The first-order chi connectivity index (χ1) is 28.0. The molecule has 9 nitrogen and oxygen atoms in total. The summed E-state index contributed by atoms with van der Waals surface area (Å²) in [5.74, 6) is 0.283. The number of hydrogen-bond acceptors (Lipinski definition) is 6. The van der Waals surface area contributed by atoms with Gasteiger partial charge in [-0.05, 0) is 74.0 Å². The van der Waals surface area contributed by atoms with Gasteiger partial charge >= 0.3 is 5.97 Å². The number of aryl methyl sites for hydroxylation is 1. The Morgan fingerprint density at radius 1 is 0.737 bits per heavy atom. The average molecular weight is 749 g/mol. The van der Waals surface area contributed by atoms with E-state index in [0.717, 1.165) is 63.7 Å². The molecule has 0 atom stereocenters. The van der Waals surface area contributed by atoms with E-state index >= 15 is 0 Å². The standard InChI is InChI=1S/C48H40N6O3/c1-2-3-23-44-49-43-30-26-34(27-31-45(55)56)32-42(43)47(57)53(44)33-35-24-28-36(29-25-35)40-21-13-14-22-41(40)46-50-51-52-54(46)48(37-15-7-4-8-16-37,38-17-9-5-10-18-38)39-19-11-6-12-20-39/h4-22,24-32H,2-3,23,33H2,1H3,(H,55,56). The molecule has 1 N–H and O–H groups in total. The fraction of sp³-hybridized carbons (Fsp3) is 0.125. The van der Waals surface area contributed by atoms with Crippen LogP contribution in [0, 0.1) is 0 Å². The number of hydrogen-bond donors (Lipinski definition) is 1. The number of carbonyl (C=O) groups is 1. The number of benzene rings is 6. The van der Waals surface area contributed by atoms with Gasteiger partial charge in [0.05, 0.1) is 17.4 Å². The van der Waals surface area contributed by atoms with Gasteiger partial charge in [-0.25, -0.2) is 14.5 Å². The zero-order valence-corrected chi connectivity index (χ0v) is 31.4. The van der Waals surface area contributed by atoms with Crippen LogP contribution in [-0.2, 0) is 23.3 Å². The zero-order valence-electron chi connectivity index (χ0n) is 31.4. The van der Waals surface area contributed by atoms with Crippen LogP contribution in [0.15, 0.2) is 169 Å². The van der Waals surface area contributed by atoms with Crippen LogP contribution in [0.1, 0.15) is 53.4 Å². The third-order valence-corrected chi connectivity index (χ3v) is 10.4. The summed E-state index contributed by atoms with van der Waals surface area (Å²) in [6, 6.07) is 52.7. The lowest BCUT2D eigenvalue weighted by atomic mass is 9.77. The molecule has 0 amide bonds. The molecular formula is C48H40N6O3. The summed E-state index contributed by atoms with van der Waals surface area (Å²) >= 11 is 0. The molecule has 0 aliphatic carbocycles. The molecule has 57 heavy (non-hydrogen) atoms. The third-order valence-electron chi connectivity index (χ3n) is 10.4. The summed E-state index contributed by atoms with van der Waals surface area (Å²) in [4.78, 5) is 30.1. The van der Waals surface area contributed by atoms with Crippen molar-refractivity contribution in [2.45, 2.75) is 38.3 Å². The number of aromatic nitrogens is 6. The van der Waals surface area contributed by atoms with Gasteiger partial charge in [0, 0.05) is 18.1 Å². The normalized spacial score (nSPS) is 11.7. The first-order valence-corrected chi connectivity index (χ1v) is 19.1. The van der Waals surface area contributed by atoms with Crippen LogP contribution in [0.3, 0.4) is 0 Å². The SMILES string of the molecule is CCCCc1nc2ccc(C=CC(=O)O)cc2c(=O)n1Cc1ccc(-c2ccccc2-c2nnnn2C(c2ccccc2)(c2ccccc2)c2ccccc2)cc1. The van der Waals surface area contributed by atoms with Gasteiger partial charge in [0.2, 0.25) is 0 Å². The summed E-state index contributed by atoms with van der Waals surface area (Å²) in [6.45, 7) is 2.45. The maximum absolute atomic E-state index is 14.1. The van der Waals surface area contributed by atoms with Gasteiger partial charge in [-0.2, -0.15) is 0 Å². The molecule has 9 heteroatoms. The van der Waals surface area contributed by atoms with Crippen molar-refractivity contribution < 1.29 is 9.90 Å². The van der Waals surface area contributed by atoms with Gasteiger partial charge in [0.25, 0.3) is 5.56 Å². The predicted octanol–water partition coefficient (Wildman–Crippen LogP) is 9.05. The van der Waals surface area contributed by atoms with Gasteiger partial charge in [-0.1, -0.05) is 159 Å². The number of tetrazole rings is 1. The van der Waals surface area contributed by atoms with E-state index < -0.39 is 11.5 Å². The van der Waals surface area contributed by atoms with Crippen molar-refractivity contribution in [3.05, 3.63) is 208 Å². The van der Waals surface area contributed by atoms with E-state index in [-0.39, 0.29) is 5.56 Å². The quantitative estimate of drug-likeness (QED) is 0.0924. The molecule has 0 aliphatic rings. The van der Waals surface area contributed by atoms with Crippen LogP contribution >= 0.6 is 0 Å². The van der Waals surface area contributed by atoms with Crippen LogP contribution in [0.25, 0.3) is 39.5 Å². The Morgan fingerprint density at radius 3 is 1.93 bits per heavy atom. The largest absolute Gasteiger partial charge is 0.478 e. The number of carboxylic acid groups (broad SMARTS) is 1. The van der Waals surface area contributed by atoms with E-state index in [1.54, 1.807) is 22.8 Å². The van der Waals surface area contributed by atoms with E-state index in [0.29, 0.717) is 35.3 Å². The molecule has 0 saturated heterocycles. The fourth-order valence-corrected chi connectivity index (χ4v) is 7.63. The monoisotopic (exact) mass is 748 g/mol. The van der Waals surface area contributed by atoms with E-state index in [1.807, 2.05) is 83.5 Å². The smallest absolute Gasteiger partial charge is 0.328 e. The van der Waals surface area contributed by atoms with Crippen molar-refractivity contribution in [3.8, 4) is 22.5 Å². The number of unbranched alkanes of at least 4 members (excludes halogenated alkanes) is 1. The molecule has 0 bridgehead atoms. The highest BCUT2D eigenvalue weighted by Gasteiger charge is 2.42. The van der Waals surface area contributed by atoms with Crippen molar-refractivity contribution in [2.24, 2.45) is 0 Å². The zero-order chi connectivity index (χ0) is 39.2. The molecule has 6 aromatic carbocycles. The highest BCUT2D eigenvalue weighted by atomic mass is 16.4. The summed E-state index contributed by atoms with van der Waals surface area (Å²) in [6.07, 6.45) is 5.07. The lowest BCUT2D eigenvalue weighted by Crippen LogP contribution is -2.39. The van der Waals surface area contributed by atoms with Gasteiger partial charge in [-0.3, -0.25) is 9.36 Å². The maximum Gasteiger partial charge on any atom is 0.328 e. The third kappa shape index (κ3) is 7.18. The fourth-order valence-electron chi connectivity index (χ4n) is 7.63. The molecule has 0 radical (unpaired) electrons. The van der Waals surface area contributed by atoms with Crippen molar-refractivity contribution in [3.63, 3.8) is 0 Å². The Hall–Kier alpha value is -7.26. The van der Waals surface area contributed by atoms with Crippen molar-refractivity contribution in [2.75, 3.05) is 0 Å².